The van der Waals surface area contributed by atoms with Gasteiger partial charge in [-0.15, -0.1) is 0 Å². The predicted octanol–water partition coefficient (Wildman–Crippen LogP) is 12.8. The van der Waals surface area contributed by atoms with Gasteiger partial charge in [-0.1, -0.05) is 0 Å². The number of carbonyl (C=O) groups is 2. The topological polar surface area (TPSA) is 40.6 Å². The fraction of sp³-hybridized carbons (Fsp3) is 0.258. The van der Waals surface area contributed by atoms with E-state index in [1.54, 1.807) is 0 Å². The number of hydrogen-bond donors (Lipinski definition) is 0. The monoisotopic (exact) mass is 986 g/mol. The zero-order valence-electron chi connectivity index (χ0n) is 39.9. The van der Waals surface area contributed by atoms with Gasteiger partial charge in [0.2, 0.25) is 0 Å². The SMILES string of the molecule is O=C1CCCC(c2ccccc2)(c2ccccc2)N1CCCc1ccc(F)[c]([Ti]([C]2=CC=CC2)([C]2=CC=CC2)[c]2c(F)ccc(CCCN3C(=O)CCCC3(c3ccccc3)c3ccccc3)c2F)c1F. The van der Waals surface area contributed by atoms with Crippen LogP contribution in [0, 0.1) is 23.3 Å². The molecule has 0 bridgehead atoms. The molecule has 360 valence electrons. The molecule has 0 radical (unpaired) electrons. The molecule has 10 rings (SSSR count). The van der Waals surface area contributed by atoms with E-state index >= 15 is 17.6 Å². The van der Waals surface area contributed by atoms with Crippen molar-refractivity contribution in [3.05, 3.63) is 246 Å². The number of hydrogen-bond acceptors (Lipinski definition) is 2. The van der Waals surface area contributed by atoms with Crippen molar-refractivity contribution in [1.82, 2.24) is 9.80 Å². The molecule has 4 aliphatic rings. The Morgan fingerprint density at radius 1 is 0.465 bits per heavy atom. The van der Waals surface area contributed by atoms with E-state index in [4.69, 9.17) is 0 Å². The summed E-state index contributed by atoms with van der Waals surface area (Å²) in [7, 11) is 0. The Morgan fingerprint density at radius 3 is 1.14 bits per heavy atom. The quantitative estimate of drug-likeness (QED) is 0.0716. The fourth-order valence-corrected chi connectivity index (χ4v) is 20.9. The summed E-state index contributed by atoms with van der Waals surface area (Å²) in [6.45, 7) is 0.634. The molecule has 0 saturated carbocycles. The van der Waals surface area contributed by atoms with Crippen LogP contribution in [0.5, 0.6) is 0 Å². The van der Waals surface area contributed by atoms with Crippen molar-refractivity contribution in [3.63, 3.8) is 0 Å². The molecule has 6 aromatic carbocycles. The van der Waals surface area contributed by atoms with E-state index in [0.717, 1.165) is 35.1 Å². The Hall–Kier alpha value is -6.35. The van der Waals surface area contributed by atoms with Gasteiger partial charge in [0, 0.05) is 0 Å². The first-order chi connectivity index (χ1) is 34.7. The number of aryl methyl sites for hydroxylation is 2. The molecule has 4 nitrogen and oxygen atoms in total. The Labute approximate surface area is 418 Å². The van der Waals surface area contributed by atoms with Crippen LogP contribution in [0.25, 0.3) is 0 Å². The number of nitrogens with zero attached hydrogens (tertiary/aromatic N) is 2. The van der Waals surface area contributed by atoms with Gasteiger partial charge in [0.1, 0.15) is 0 Å². The third-order valence-electron chi connectivity index (χ3n) is 15.6. The number of piperidine rings is 2. The molecule has 2 heterocycles. The van der Waals surface area contributed by atoms with Crippen LogP contribution in [0.2, 0.25) is 0 Å². The van der Waals surface area contributed by atoms with E-state index < -0.39 is 50.9 Å². The molecule has 0 unspecified atom stereocenters. The van der Waals surface area contributed by atoms with Gasteiger partial charge in [0.15, 0.2) is 0 Å². The second-order valence-electron chi connectivity index (χ2n) is 19.4. The van der Waals surface area contributed by atoms with Gasteiger partial charge in [-0.25, -0.2) is 0 Å². The molecule has 71 heavy (non-hydrogen) atoms. The first-order valence-corrected chi connectivity index (χ1v) is 28.3. The van der Waals surface area contributed by atoms with Crippen LogP contribution >= 0.6 is 0 Å². The number of amides is 2. The van der Waals surface area contributed by atoms with Crippen molar-refractivity contribution in [3.8, 4) is 0 Å². The summed E-state index contributed by atoms with van der Waals surface area (Å²) in [4.78, 5) is 32.0. The number of allylic oxidation sites excluding steroid dienone is 8. The standard InChI is InChI=1S/2C26H24F2NO.2C5H5.Ti/c2*27-23-16-15-20(24(28)19-23)9-8-18-29-25(30)14-7-17-26(29,21-10-3-1-4-11-21)22-12-5-2-6-13-22;2*1-2-4-5-3-1;/h2*1-6,10-13,15-16H,7-9,14,17-18H2;2*1-3H,4H2;. The first kappa shape index (κ1) is 48.3. The fourth-order valence-electron chi connectivity index (χ4n) is 12.5. The molecule has 0 spiro atoms. The van der Waals surface area contributed by atoms with Crippen LogP contribution in [-0.2, 0) is 50.1 Å². The Balaban J connectivity index is 1.01. The minimum absolute atomic E-state index is 0.0136. The molecular weight excluding hydrogens is 929 g/mol. The molecule has 2 amide bonds. The third kappa shape index (κ3) is 8.61. The van der Waals surface area contributed by atoms with Crippen molar-refractivity contribution in [2.75, 3.05) is 13.1 Å². The molecule has 2 aliphatic heterocycles. The van der Waals surface area contributed by atoms with Gasteiger partial charge in [-0.2, -0.15) is 0 Å². The van der Waals surface area contributed by atoms with E-state index in [1.165, 1.54) is 24.3 Å². The molecule has 0 N–H and O–H groups in total. The molecule has 9 heteroatoms. The van der Waals surface area contributed by atoms with E-state index in [0.29, 0.717) is 72.2 Å². The molecule has 0 aromatic heterocycles. The summed E-state index contributed by atoms with van der Waals surface area (Å²) < 4.78 is 71.3. The van der Waals surface area contributed by atoms with Crippen molar-refractivity contribution >= 4 is 19.6 Å². The summed E-state index contributed by atoms with van der Waals surface area (Å²) in [5.74, 6) is -3.18. The zero-order valence-corrected chi connectivity index (χ0v) is 41.5. The van der Waals surface area contributed by atoms with E-state index in [2.05, 4.69) is 48.5 Å². The summed E-state index contributed by atoms with van der Waals surface area (Å²) in [5, 5.41) is 0. The van der Waals surface area contributed by atoms with E-state index in [1.807, 2.05) is 119 Å². The van der Waals surface area contributed by atoms with Gasteiger partial charge in [0.05, 0.1) is 0 Å². The Bertz CT molecular complexity index is 2760. The summed E-state index contributed by atoms with van der Waals surface area (Å²) in [6, 6.07) is 45.6. The van der Waals surface area contributed by atoms with Gasteiger partial charge in [0.25, 0.3) is 0 Å². The van der Waals surface area contributed by atoms with Crippen molar-refractivity contribution < 1.29 is 43.7 Å². The van der Waals surface area contributed by atoms with Crippen LogP contribution in [0.3, 0.4) is 0 Å². The van der Waals surface area contributed by atoms with Gasteiger partial charge >= 0.3 is 421 Å². The first-order valence-electron chi connectivity index (χ1n) is 25.2. The van der Waals surface area contributed by atoms with Gasteiger partial charge in [-0.05, 0) is 0 Å². The van der Waals surface area contributed by atoms with Crippen molar-refractivity contribution in [2.45, 2.75) is 88.1 Å². The Morgan fingerprint density at radius 2 is 0.817 bits per heavy atom. The maximum absolute atomic E-state index is 18.1. The normalized spacial score (nSPS) is 17.5. The average Bonchev–Trinajstić information content (AvgIpc) is 4.16. The second kappa shape index (κ2) is 20.8. The van der Waals surface area contributed by atoms with Crippen LogP contribution in [0.1, 0.15) is 97.6 Å². The number of carbonyl (C=O) groups excluding carboxylic acids is 2. The molecule has 6 aromatic rings. The minimum atomic E-state index is -5.17. The van der Waals surface area contributed by atoms with Crippen LogP contribution in [0.15, 0.2) is 190 Å². The molecule has 2 aliphatic carbocycles. The van der Waals surface area contributed by atoms with Crippen LogP contribution in [0.4, 0.5) is 17.6 Å². The Kier molecular flexibility index (Phi) is 14.1. The third-order valence-corrected chi connectivity index (χ3v) is 23.6. The van der Waals surface area contributed by atoms with Crippen molar-refractivity contribution in [2.24, 2.45) is 0 Å². The summed E-state index contributed by atoms with van der Waals surface area (Å²) in [6.07, 6.45) is 16.4. The van der Waals surface area contributed by atoms with E-state index in [9.17, 15) is 9.59 Å². The van der Waals surface area contributed by atoms with E-state index in [-0.39, 0.29) is 43.5 Å². The van der Waals surface area contributed by atoms with Gasteiger partial charge in [-0.3, -0.25) is 0 Å². The zero-order chi connectivity index (χ0) is 49.0. The van der Waals surface area contributed by atoms with Crippen LogP contribution < -0.4 is 7.74 Å². The molecule has 0 atom stereocenters. The average molecular weight is 987 g/mol. The number of halogens is 4. The van der Waals surface area contributed by atoms with Gasteiger partial charge < -0.3 is 0 Å². The molecule has 2 saturated heterocycles. The number of benzene rings is 6. The number of likely N-dealkylation sites (tertiary alicyclic amines) is 2. The summed E-state index contributed by atoms with van der Waals surface area (Å²) >= 11 is -5.17. The predicted molar refractivity (Wildman–Crippen MR) is 271 cm³/mol. The number of rotatable bonds is 16. The molecule has 2 fully saturated rings. The summed E-state index contributed by atoms with van der Waals surface area (Å²) in [5.41, 5.74) is 3.04. The van der Waals surface area contributed by atoms with Crippen LogP contribution in [-0.4, -0.2) is 34.7 Å². The van der Waals surface area contributed by atoms with Crippen molar-refractivity contribution in [1.29, 1.82) is 0 Å². The maximum atomic E-state index is 18.1. The second-order valence-corrected chi connectivity index (χ2v) is 25.3. The molecular formula is C62H58F4N2O2Ti.